The van der Waals surface area contributed by atoms with Gasteiger partial charge in [-0.3, -0.25) is 4.79 Å². The maximum Gasteiger partial charge on any atom is 0.322 e. The summed E-state index contributed by atoms with van der Waals surface area (Å²) in [6, 6.07) is 7.34. The lowest BCUT2D eigenvalue weighted by Gasteiger charge is -2.22. The van der Waals surface area contributed by atoms with Gasteiger partial charge in [0.2, 0.25) is 0 Å². The molecular formula is C14H22N2O2. The van der Waals surface area contributed by atoms with Crippen LogP contribution in [-0.2, 0) is 4.79 Å². The lowest BCUT2D eigenvalue weighted by atomic mass is 9.98. The van der Waals surface area contributed by atoms with E-state index in [0.29, 0.717) is 12.5 Å². The Hall–Kier alpha value is -1.55. The second-order valence-electron chi connectivity index (χ2n) is 4.73. The highest BCUT2D eigenvalue weighted by Crippen LogP contribution is 2.21. The first kappa shape index (κ1) is 14.5. The Morgan fingerprint density at radius 2 is 1.94 bits per heavy atom. The Bertz CT molecular complexity index is 389. The van der Waals surface area contributed by atoms with Crippen LogP contribution >= 0.6 is 0 Å². The fraction of sp³-hybridized carbons (Fsp3) is 0.500. The zero-order valence-corrected chi connectivity index (χ0v) is 11.3. The van der Waals surface area contributed by atoms with Gasteiger partial charge in [0.25, 0.3) is 0 Å². The Balaban J connectivity index is 2.70. The molecule has 0 saturated carbocycles. The third kappa shape index (κ3) is 3.74. The molecule has 1 aromatic carbocycles. The summed E-state index contributed by atoms with van der Waals surface area (Å²) in [6.07, 6.45) is 1.11. The van der Waals surface area contributed by atoms with E-state index >= 15 is 0 Å². The molecule has 0 aromatic heterocycles. The van der Waals surface area contributed by atoms with Crippen LogP contribution in [0.3, 0.4) is 0 Å². The molecule has 1 aromatic rings. The predicted octanol–water partition coefficient (Wildman–Crippen LogP) is 2.05. The van der Waals surface area contributed by atoms with Crippen molar-refractivity contribution in [3.8, 4) is 0 Å². The molecule has 100 valence electrons. The summed E-state index contributed by atoms with van der Waals surface area (Å²) < 4.78 is 0. The monoisotopic (exact) mass is 250 g/mol. The zero-order chi connectivity index (χ0) is 13.7. The molecule has 0 aliphatic heterocycles. The highest BCUT2D eigenvalue weighted by Gasteiger charge is 2.14. The van der Waals surface area contributed by atoms with Crippen LogP contribution < -0.4 is 10.6 Å². The van der Waals surface area contributed by atoms with E-state index in [4.69, 9.17) is 10.8 Å². The first-order valence-corrected chi connectivity index (χ1v) is 6.25. The van der Waals surface area contributed by atoms with Crippen LogP contribution in [0.15, 0.2) is 24.3 Å². The Labute approximate surface area is 108 Å². The summed E-state index contributed by atoms with van der Waals surface area (Å²) in [6.45, 7) is 4.66. The van der Waals surface area contributed by atoms with Gasteiger partial charge in [-0.15, -0.1) is 0 Å². The number of likely N-dealkylation sites (N-methyl/N-ethyl adjacent to an activating group) is 1. The lowest BCUT2D eigenvalue weighted by Crippen LogP contribution is -2.41. The molecule has 2 unspecified atom stereocenters. The lowest BCUT2D eigenvalue weighted by molar-refractivity contribution is -0.138. The maximum absolute atomic E-state index is 10.7. The minimum atomic E-state index is -0.974. The molecule has 18 heavy (non-hydrogen) atoms. The van der Waals surface area contributed by atoms with Gasteiger partial charge in [-0.1, -0.05) is 26.0 Å². The molecule has 3 N–H and O–H groups in total. The highest BCUT2D eigenvalue weighted by molar-refractivity contribution is 5.74. The molecule has 0 saturated heterocycles. The van der Waals surface area contributed by atoms with Crippen molar-refractivity contribution in [1.29, 1.82) is 0 Å². The van der Waals surface area contributed by atoms with Crippen LogP contribution in [0.25, 0.3) is 0 Å². The first-order chi connectivity index (χ1) is 8.45. The number of carboxylic acids is 1. The standard InChI is InChI=1S/C14H22N2O2/c1-4-10(2)11-5-7-12(8-6-11)16(3)9-13(15)14(17)18/h5-8,10,13H,4,9,15H2,1-3H3,(H,17,18). The molecule has 0 heterocycles. The van der Waals surface area contributed by atoms with E-state index in [-0.39, 0.29) is 0 Å². The summed E-state index contributed by atoms with van der Waals surface area (Å²) in [5.41, 5.74) is 7.80. The fourth-order valence-electron chi connectivity index (χ4n) is 1.77. The first-order valence-electron chi connectivity index (χ1n) is 6.25. The number of hydrogen-bond donors (Lipinski definition) is 2. The Morgan fingerprint density at radius 3 is 2.39 bits per heavy atom. The zero-order valence-electron chi connectivity index (χ0n) is 11.3. The minimum absolute atomic E-state index is 0.304. The number of anilines is 1. The summed E-state index contributed by atoms with van der Waals surface area (Å²) >= 11 is 0. The van der Waals surface area contributed by atoms with Gasteiger partial charge in [0.05, 0.1) is 0 Å². The van der Waals surface area contributed by atoms with Crippen molar-refractivity contribution < 1.29 is 9.90 Å². The summed E-state index contributed by atoms with van der Waals surface area (Å²) in [7, 11) is 1.85. The van der Waals surface area contributed by atoms with Crippen molar-refractivity contribution in [3.63, 3.8) is 0 Å². The van der Waals surface area contributed by atoms with Crippen molar-refractivity contribution in [2.75, 3.05) is 18.5 Å². The van der Waals surface area contributed by atoms with Crippen LogP contribution in [0.2, 0.25) is 0 Å². The number of hydrogen-bond acceptors (Lipinski definition) is 3. The van der Waals surface area contributed by atoms with Gasteiger partial charge in [-0.25, -0.2) is 0 Å². The molecule has 1 rings (SSSR count). The second-order valence-corrected chi connectivity index (χ2v) is 4.73. The third-order valence-electron chi connectivity index (χ3n) is 3.30. The average molecular weight is 250 g/mol. The summed E-state index contributed by atoms with van der Waals surface area (Å²) in [5.74, 6) is -0.427. The number of carbonyl (C=O) groups is 1. The molecule has 0 amide bonds. The van der Waals surface area contributed by atoms with Crippen molar-refractivity contribution >= 4 is 11.7 Å². The van der Waals surface area contributed by atoms with Gasteiger partial charge in [0.1, 0.15) is 6.04 Å². The molecule has 0 bridgehead atoms. The molecule has 4 nitrogen and oxygen atoms in total. The van der Waals surface area contributed by atoms with Crippen molar-refractivity contribution in [2.24, 2.45) is 5.73 Å². The van der Waals surface area contributed by atoms with Gasteiger partial charge < -0.3 is 15.7 Å². The quantitative estimate of drug-likeness (QED) is 0.811. The van der Waals surface area contributed by atoms with E-state index in [0.717, 1.165) is 12.1 Å². The van der Waals surface area contributed by atoms with E-state index in [9.17, 15) is 4.79 Å². The van der Waals surface area contributed by atoms with Crippen molar-refractivity contribution in [2.45, 2.75) is 32.2 Å². The number of aliphatic carboxylic acids is 1. The van der Waals surface area contributed by atoms with Crippen molar-refractivity contribution in [1.82, 2.24) is 0 Å². The van der Waals surface area contributed by atoms with Gasteiger partial charge >= 0.3 is 5.97 Å². The normalized spacial score (nSPS) is 14.0. The Kier molecular flexibility index (Phi) is 5.16. The molecule has 0 spiro atoms. The van der Waals surface area contributed by atoms with Gasteiger partial charge in [-0.2, -0.15) is 0 Å². The van der Waals surface area contributed by atoms with E-state index in [1.54, 1.807) is 0 Å². The van der Waals surface area contributed by atoms with E-state index in [1.807, 2.05) is 24.1 Å². The summed E-state index contributed by atoms with van der Waals surface area (Å²) in [4.78, 5) is 12.6. The van der Waals surface area contributed by atoms with E-state index in [1.165, 1.54) is 5.56 Å². The number of benzene rings is 1. The van der Waals surface area contributed by atoms with Crippen molar-refractivity contribution in [3.05, 3.63) is 29.8 Å². The third-order valence-corrected chi connectivity index (χ3v) is 3.30. The van der Waals surface area contributed by atoms with Crippen LogP contribution in [-0.4, -0.2) is 30.7 Å². The molecule has 0 radical (unpaired) electrons. The molecule has 2 atom stereocenters. The largest absolute Gasteiger partial charge is 0.480 e. The van der Waals surface area contributed by atoms with Crippen LogP contribution in [0.4, 0.5) is 5.69 Å². The minimum Gasteiger partial charge on any atom is -0.480 e. The molecule has 4 heteroatoms. The molecular weight excluding hydrogens is 228 g/mol. The van der Waals surface area contributed by atoms with Gasteiger partial charge in [0.15, 0.2) is 0 Å². The summed E-state index contributed by atoms with van der Waals surface area (Å²) in [5, 5.41) is 8.77. The highest BCUT2D eigenvalue weighted by atomic mass is 16.4. The second kappa shape index (κ2) is 6.40. The van der Waals surface area contributed by atoms with Gasteiger partial charge in [-0.05, 0) is 30.0 Å². The Morgan fingerprint density at radius 1 is 1.39 bits per heavy atom. The maximum atomic E-state index is 10.7. The molecule has 0 fully saturated rings. The molecule has 0 aliphatic rings. The van der Waals surface area contributed by atoms with Crippen LogP contribution in [0, 0.1) is 0 Å². The number of nitrogens with zero attached hydrogens (tertiary/aromatic N) is 1. The van der Waals surface area contributed by atoms with Gasteiger partial charge in [0, 0.05) is 19.3 Å². The smallest absolute Gasteiger partial charge is 0.322 e. The number of carboxylic acid groups (broad SMARTS) is 1. The topological polar surface area (TPSA) is 66.6 Å². The number of nitrogens with two attached hydrogens (primary N) is 1. The number of rotatable bonds is 6. The SMILES string of the molecule is CCC(C)c1ccc(N(C)CC(N)C(=O)O)cc1. The molecule has 0 aliphatic carbocycles. The fourth-order valence-corrected chi connectivity index (χ4v) is 1.77. The van der Waals surface area contributed by atoms with E-state index < -0.39 is 12.0 Å². The predicted molar refractivity (Wildman–Crippen MR) is 74.0 cm³/mol. The van der Waals surface area contributed by atoms with Crippen LogP contribution in [0.5, 0.6) is 0 Å². The van der Waals surface area contributed by atoms with Crippen LogP contribution in [0.1, 0.15) is 31.7 Å². The average Bonchev–Trinajstić information content (AvgIpc) is 2.37. The van der Waals surface area contributed by atoms with E-state index in [2.05, 4.69) is 26.0 Å².